The van der Waals surface area contributed by atoms with Gasteiger partial charge in [0.2, 0.25) is 5.91 Å². The summed E-state index contributed by atoms with van der Waals surface area (Å²) in [6.07, 6.45) is 1.26. The Morgan fingerprint density at radius 3 is 2.88 bits per heavy atom. The molecule has 8 heteroatoms. The van der Waals surface area contributed by atoms with Crippen LogP contribution in [0.25, 0.3) is 0 Å². The molecule has 7 nitrogen and oxygen atoms in total. The number of amides is 2. The molecule has 0 aromatic heterocycles. The van der Waals surface area contributed by atoms with Gasteiger partial charge in [-0.3, -0.25) is 9.59 Å². The van der Waals surface area contributed by atoms with Crippen molar-refractivity contribution in [2.24, 2.45) is 0 Å². The Morgan fingerprint density at radius 2 is 2.17 bits per heavy atom. The van der Waals surface area contributed by atoms with Crippen LogP contribution in [0.3, 0.4) is 0 Å². The fraction of sp³-hybridized carbons (Fsp3) is 0.438. The molecule has 0 fully saturated rings. The molecule has 0 unspecified atom stereocenters. The molecule has 0 saturated heterocycles. The first-order chi connectivity index (χ1) is 11.5. The third-order valence-electron chi connectivity index (χ3n) is 3.51. The van der Waals surface area contributed by atoms with Gasteiger partial charge in [-0.1, -0.05) is 12.1 Å². The van der Waals surface area contributed by atoms with Crippen LogP contribution < -0.4 is 15.4 Å². The molecule has 1 heterocycles. The van der Waals surface area contributed by atoms with Gasteiger partial charge in [-0.15, -0.1) is 0 Å². The average Bonchev–Trinajstić information content (AvgIpc) is 2.58. The molecule has 1 aliphatic heterocycles. The molecule has 2 rings (SSSR count). The number of para-hydroxylation sites is 2. The number of carbonyl (C=O) groups is 3. The standard InChI is InChI=1S/C16H20N2O5S/c1-22-16(21)11(7-8-24-2)17-14(19)9-13-15(20)18-10-5-3-4-6-12(10)23-13/h3-6,11,13H,7-9H2,1-2H3,(H,17,19)(H,18,20)/t11-,13+/m0/s1. The number of ether oxygens (including phenoxy) is 2. The van der Waals surface area contributed by atoms with Crippen molar-refractivity contribution in [3.63, 3.8) is 0 Å². The first-order valence-corrected chi connectivity index (χ1v) is 8.87. The number of nitrogens with one attached hydrogen (secondary N) is 2. The van der Waals surface area contributed by atoms with Crippen molar-refractivity contribution in [3.8, 4) is 5.75 Å². The molecular weight excluding hydrogens is 332 g/mol. The van der Waals surface area contributed by atoms with Crippen LogP contribution >= 0.6 is 11.8 Å². The minimum atomic E-state index is -0.932. The Morgan fingerprint density at radius 1 is 1.42 bits per heavy atom. The monoisotopic (exact) mass is 352 g/mol. The molecular formula is C16H20N2O5S. The zero-order valence-electron chi connectivity index (χ0n) is 13.5. The van der Waals surface area contributed by atoms with Gasteiger partial charge in [-0.2, -0.15) is 11.8 Å². The summed E-state index contributed by atoms with van der Waals surface area (Å²) < 4.78 is 10.3. The maximum atomic E-state index is 12.2. The van der Waals surface area contributed by atoms with Crippen LogP contribution in [-0.2, 0) is 19.1 Å². The number of hydrogen-bond donors (Lipinski definition) is 2. The van der Waals surface area contributed by atoms with E-state index in [1.165, 1.54) is 7.11 Å². The highest BCUT2D eigenvalue weighted by Gasteiger charge is 2.31. The number of benzene rings is 1. The molecule has 0 radical (unpaired) electrons. The fourth-order valence-electron chi connectivity index (χ4n) is 2.28. The SMILES string of the molecule is COC(=O)[C@H](CCSC)NC(=O)C[C@H]1Oc2ccccc2NC1=O. The highest BCUT2D eigenvalue weighted by atomic mass is 32.2. The maximum Gasteiger partial charge on any atom is 0.328 e. The van der Waals surface area contributed by atoms with Crippen molar-refractivity contribution in [1.82, 2.24) is 5.32 Å². The zero-order valence-corrected chi connectivity index (χ0v) is 14.4. The predicted molar refractivity (Wildman–Crippen MR) is 91.1 cm³/mol. The van der Waals surface area contributed by atoms with Crippen molar-refractivity contribution in [2.45, 2.75) is 25.0 Å². The number of methoxy groups -OCH3 is 1. The quantitative estimate of drug-likeness (QED) is 0.716. The Balaban J connectivity index is 1.96. The number of fused-ring (bicyclic) bond motifs is 1. The van der Waals surface area contributed by atoms with Gasteiger partial charge in [-0.25, -0.2) is 4.79 Å². The summed E-state index contributed by atoms with van der Waals surface area (Å²) >= 11 is 1.57. The Bertz CT molecular complexity index is 622. The minimum absolute atomic E-state index is 0.174. The highest BCUT2D eigenvalue weighted by molar-refractivity contribution is 7.98. The summed E-state index contributed by atoms with van der Waals surface area (Å²) in [7, 11) is 1.27. The largest absolute Gasteiger partial charge is 0.478 e. The lowest BCUT2D eigenvalue weighted by molar-refractivity contribution is -0.145. The van der Waals surface area contributed by atoms with Crippen LogP contribution in [0.1, 0.15) is 12.8 Å². The lowest BCUT2D eigenvalue weighted by atomic mass is 10.1. The van der Waals surface area contributed by atoms with Crippen LogP contribution in [0.2, 0.25) is 0 Å². The van der Waals surface area contributed by atoms with E-state index >= 15 is 0 Å². The van der Waals surface area contributed by atoms with Crippen LogP contribution in [0.15, 0.2) is 24.3 Å². The second-order valence-electron chi connectivity index (χ2n) is 5.22. The molecule has 2 amide bonds. The van der Waals surface area contributed by atoms with E-state index in [0.29, 0.717) is 23.6 Å². The van der Waals surface area contributed by atoms with E-state index in [2.05, 4.69) is 10.6 Å². The molecule has 2 N–H and O–H groups in total. The summed E-state index contributed by atoms with van der Waals surface area (Å²) in [4.78, 5) is 35.9. The Hall–Kier alpha value is -2.22. The molecule has 0 aliphatic carbocycles. The van der Waals surface area contributed by atoms with E-state index in [1.54, 1.807) is 36.0 Å². The van der Waals surface area contributed by atoms with Crippen LogP contribution in [0.4, 0.5) is 5.69 Å². The van der Waals surface area contributed by atoms with Gasteiger partial charge < -0.3 is 20.1 Å². The van der Waals surface area contributed by atoms with Crippen molar-refractivity contribution < 1.29 is 23.9 Å². The lowest BCUT2D eigenvalue weighted by Crippen LogP contribution is -2.46. The topological polar surface area (TPSA) is 93.7 Å². The van der Waals surface area contributed by atoms with Crippen molar-refractivity contribution in [1.29, 1.82) is 0 Å². The number of esters is 1. The molecule has 0 saturated carbocycles. The Labute approximate surface area is 144 Å². The smallest absolute Gasteiger partial charge is 0.328 e. The number of anilines is 1. The van der Waals surface area contributed by atoms with Crippen LogP contribution in [-0.4, -0.2) is 49.0 Å². The lowest BCUT2D eigenvalue weighted by Gasteiger charge is -2.26. The number of carbonyl (C=O) groups excluding carboxylic acids is 3. The molecule has 2 atom stereocenters. The summed E-state index contributed by atoms with van der Waals surface area (Å²) in [5.41, 5.74) is 0.576. The van der Waals surface area contributed by atoms with E-state index in [1.807, 2.05) is 6.26 Å². The van der Waals surface area contributed by atoms with Gasteiger partial charge in [0.05, 0.1) is 19.2 Å². The zero-order chi connectivity index (χ0) is 17.5. The number of thioether (sulfide) groups is 1. The summed E-state index contributed by atoms with van der Waals surface area (Å²) in [6, 6.07) is 6.27. The molecule has 1 aromatic carbocycles. The number of rotatable bonds is 7. The van der Waals surface area contributed by atoms with Gasteiger partial charge in [0, 0.05) is 0 Å². The number of hydrogen-bond acceptors (Lipinski definition) is 6. The molecule has 0 spiro atoms. The van der Waals surface area contributed by atoms with Crippen molar-refractivity contribution in [3.05, 3.63) is 24.3 Å². The predicted octanol–water partition coefficient (Wildman–Crippen LogP) is 1.19. The molecule has 0 bridgehead atoms. The second kappa shape index (κ2) is 8.58. The first kappa shape index (κ1) is 18.1. The molecule has 1 aromatic rings. The summed E-state index contributed by atoms with van der Waals surface area (Å²) in [5.74, 6) is -0.111. The highest BCUT2D eigenvalue weighted by Crippen LogP contribution is 2.29. The van der Waals surface area contributed by atoms with Crippen molar-refractivity contribution >= 4 is 35.2 Å². The van der Waals surface area contributed by atoms with E-state index < -0.39 is 24.0 Å². The molecule has 24 heavy (non-hydrogen) atoms. The van der Waals surface area contributed by atoms with E-state index in [4.69, 9.17) is 9.47 Å². The molecule has 130 valence electrons. The fourth-order valence-corrected chi connectivity index (χ4v) is 2.75. The van der Waals surface area contributed by atoms with Crippen LogP contribution in [0.5, 0.6) is 5.75 Å². The maximum absolute atomic E-state index is 12.2. The van der Waals surface area contributed by atoms with Crippen molar-refractivity contribution in [2.75, 3.05) is 24.4 Å². The van der Waals surface area contributed by atoms with Gasteiger partial charge in [0.25, 0.3) is 5.91 Å². The molecule has 1 aliphatic rings. The minimum Gasteiger partial charge on any atom is -0.478 e. The van der Waals surface area contributed by atoms with Gasteiger partial charge >= 0.3 is 5.97 Å². The Kier molecular flexibility index (Phi) is 6.48. The van der Waals surface area contributed by atoms with Crippen LogP contribution in [0, 0.1) is 0 Å². The normalized spacial score (nSPS) is 17.1. The third-order valence-corrected chi connectivity index (χ3v) is 4.15. The third kappa shape index (κ3) is 4.64. The summed E-state index contributed by atoms with van der Waals surface area (Å²) in [5, 5.41) is 5.31. The second-order valence-corrected chi connectivity index (χ2v) is 6.21. The van der Waals surface area contributed by atoms with Gasteiger partial charge in [-0.05, 0) is 30.6 Å². The van der Waals surface area contributed by atoms with Gasteiger partial charge in [0.1, 0.15) is 11.8 Å². The van der Waals surface area contributed by atoms with E-state index in [9.17, 15) is 14.4 Å². The summed E-state index contributed by atoms with van der Waals surface area (Å²) in [6.45, 7) is 0. The van der Waals surface area contributed by atoms with E-state index in [-0.39, 0.29) is 12.3 Å². The van der Waals surface area contributed by atoms with E-state index in [0.717, 1.165) is 0 Å². The average molecular weight is 352 g/mol. The first-order valence-electron chi connectivity index (χ1n) is 7.47. The van der Waals surface area contributed by atoms with Gasteiger partial charge in [0.15, 0.2) is 6.10 Å².